The van der Waals surface area contributed by atoms with Crippen molar-refractivity contribution in [3.63, 3.8) is 0 Å². The second-order valence-electron chi connectivity index (χ2n) is 7.54. The molecule has 0 aliphatic rings. The summed E-state index contributed by atoms with van der Waals surface area (Å²) in [4.78, 5) is 26.2. The molecule has 2 N–H and O–H groups in total. The molecule has 0 spiro atoms. The Morgan fingerprint density at radius 1 is 0.903 bits per heavy atom. The van der Waals surface area contributed by atoms with Gasteiger partial charge in [0.1, 0.15) is 5.25 Å². The second-order valence-corrected chi connectivity index (χ2v) is 8.72. The van der Waals surface area contributed by atoms with Crippen LogP contribution in [-0.4, -0.2) is 11.8 Å². The van der Waals surface area contributed by atoms with E-state index in [0.29, 0.717) is 6.42 Å². The minimum absolute atomic E-state index is 0.00285. The predicted molar refractivity (Wildman–Crippen MR) is 130 cm³/mol. The Morgan fingerprint density at radius 2 is 1.68 bits per heavy atom. The van der Waals surface area contributed by atoms with Gasteiger partial charge in [-0.2, -0.15) is 0 Å². The number of nitrogens with one attached hydrogen (secondary N) is 2. The predicted octanol–water partition coefficient (Wildman–Crippen LogP) is 6.51. The van der Waals surface area contributed by atoms with Crippen LogP contribution < -0.4 is 10.6 Å². The van der Waals surface area contributed by atoms with Crippen molar-refractivity contribution in [1.29, 1.82) is 0 Å². The molecular weight excluding hydrogens is 404 g/mol. The van der Waals surface area contributed by atoms with Crippen LogP contribution in [0.4, 0.5) is 11.4 Å². The van der Waals surface area contributed by atoms with Gasteiger partial charge < -0.3 is 10.6 Å². The minimum Gasteiger partial charge on any atom is -0.326 e. The summed E-state index contributed by atoms with van der Waals surface area (Å²) in [5.74, 6) is -0.0813. The Morgan fingerprint density at radius 3 is 2.42 bits per heavy atom. The van der Waals surface area contributed by atoms with Crippen molar-refractivity contribution in [2.45, 2.75) is 43.8 Å². The van der Waals surface area contributed by atoms with Gasteiger partial charge in [-0.15, -0.1) is 11.8 Å². The van der Waals surface area contributed by atoms with Gasteiger partial charge in [-0.25, -0.2) is 0 Å². The second kappa shape index (κ2) is 10.8. The summed E-state index contributed by atoms with van der Waals surface area (Å²) in [6.45, 7) is 5.98. The third-order valence-corrected chi connectivity index (χ3v) is 6.09. The van der Waals surface area contributed by atoms with Crippen LogP contribution in [0, 0.1) is 13.8 Å². The molecule has 0 saturated heterocycles. The van der Waals surface area contributed by atoms with E-state index in [2.05, 4.69) is 10.6 Å². The summed E-state index contributed by atoms with van der Waals surface area (Å²) in [5.41, 5.74) is 4.62. The van der Waals surface area contributed by atoms with Crippen LogP contribution in [0.2, 0.25) is 0 Å². The summed E-state index contributed by atoms with van der Waals surface area (Å²) >= 11 is 1.47. The van der Waals surface area contributed by atoms with E-state index in [0.717, 1.165) is 39.4 Å². The maximum Gasteiger partial charge on any atom is 0.242 e. The van der Waals surface area contributed by atoms with Crippen LogP contribution in [0.1, 0.15) is 41.7 Å². The zero-order chi connectivity index (χ0) is 22.2. The smallest absolute Gasteiger partial charge is 0.242 e. The lowest BCUT2D eigenvalue weighted by Gasteiger charge is -2.19. The highest BCUT2D eigenvalue weighted by Gasteiger charge is 2.23. The molecule has 160 valence electrons. The largest absolute Gasteiger partial charge is 0.326 e. The Bertz CT molecular complexity index is 1050. The number of amides is 2. The Kier molecular flexibility index (Phi) is 7.90. The van der Waals surface area contributed by atoms with Gasteiger partial charge >= 0.3 is 0 Å². The van der Waals surface area contributed by atoms with Gasteiger partial charge in [-0.05, 0) is 61.2 Å². The molecule has 5 heteroatoms. The topological polar surface area (TPSA) is 58.2 Å². The standard InChI is InChI=1S/C26H28N2O2S/c1-4-9-24(29)27-21-12-8-13-22(17-21)31-25(20-10-6-5-7-11-20)26(30)28-23-16-18(2)14-15-19(23)3/h5-8,10-17,25H,4,9H2,1-3H3,(H,27,29)(H,28,30). The van der Waals surface area contributed by atoms with Gasteiger partial charge in [-0.1, -0.05) is 55.5 Å². The number of carbonyl (C=O) groups is 2. The molecule has 3 aromatic carbocycles. The van der Waals surface area contributed by atoms with Crippen molar-refractivity contribution in [3.8, 4) is 0 Å². The normalized spacial score (nSPS) is 11.6. The van der Waals surface area contributed by atoms with Crippen LogP contribution in [0.3, 0.4) is 0 Å². The van der Waals surface area contributed by atoms with Crippen molar-refractivity contribution in [1.82, 2.24) is 0 Å². The SMILES string of the molecule is CCCC(=O)Nc1cccc(SC(C(=O)Nc2cc(C)ccc2C)c2ccccc2)c1. The van der Waals surface area contributed by atoms with Crippen LogP contribution in [0.15, 0.2) is 77.7 Å². The molecule has 0 heterocycles. The summed E-state index contributed by atoms with van der Waals surface area (Å²) < 4.78 is 0. The highest BCUT2D eigenvalue weighted by Crippen LogP contribution is 2.37. The Hall–Kier alpha value is -3.05. The van der Waals surface area contributed by atoms with Gasteiger partial charge in [0, 0.05) is 22.7 Å². The fourth-order valence-electron chi connectivity index (χ4n) is 3.20. The fraction of sp³-hybridized carbons (Fsp3) is 0.231. The van der Waals surface area contributed by atoms with Gasteiger partial charge in [0.2, 0.25) is 11.8 Å². The zero-order valence-corrected chi connectivity index (χ0v) is 19.0. The first-order chi connectivity index (χ1) is 15.0. The van der Waals surface area contributed by atoms with Crippen LogP contribution in [0.25, 0.3) is 0 Å². The lowest BCUT2D eigenvalue weighted by atomic mass is 10.1. The van der Waals surface area contributed by atoms with E-state index in [-0.39, 0.29) is 11.8 Å². The molecule has 0 aliphatic carbocycles. The molecule has 1 unspecified atom stereocenters. The first-order valence-electron chi connectivity index (χ1n) is 10.5. The monoisotopic (exact) mass is 432 g/mol. The molecule has 0 aliphatic heterocycles. The molecule has 0 saturated carbocycles. The third kappa shape index (κ3) is 6.46. The third-order valence-electron chi connectivity index (χ3n) is 4.84. The van der Waals surface area contributed by atoms with E-state index in [9.17, 15) is 9.59 Å². The van der Waals surface area contributed by atoms with Crippen molar-refractivity contribution in [3.05, 3.63) is 89.5 Å². The van der Waals surface area contributed by atoms with E-state index < -0.39 is 5.25 Å². The Balaban J connectivity index is 1.84. The number of thioether (sulfide) groups is 1. The number of rotatable bonds is 8. The number of aryl methyl sites for hydroxylation is 2. The highest BCUT2D eigenvalue weighted by atomic mass is 32.2. The minimum atomic E-state index is -0.428. The summed E-state index contributed by atoms with van der Waals surface area (Å²) in [7, 11) is 0. The van der Waals surface area contributed by atoms with Crippen molar-refractivity contribution in [2.24, 2.45) is 0 Å². The molecule has 0 aromatic heterocycles. The molecule has 3 aromatic rings. The van der Waals surface area contributed by atoms with Crippen LogP contribution >= 0.6 is 11.8 Å². The number of benzene rings is 3. The van der Waals surface area contributed by atoms with E-state index in [1.54, 1.807) is 0 Å². The molecule has 4 nitrogen and oxygen atoms in total. The van der Waals surface area contributed by atoms with E-state index in [1.807, 2.05) is 93.6 Å². The van der Waals surface area contributed by atoms with E-state index in [1.165, 1.54) is 11.8 Å². The van der Waals surface area contributed by atoms with Gasteiger partial charge in [0.25, 0.3) is 0 Å². The quantitative estimate of drug-likeness (QED) is 0.399. The average molecular weight is 433 g/mol. The highest BCUT2D eigenvalue weighted by molar-refractivity contribution is 8.00. The molecule has 0 fully saturated rings. The number of carbonyl (C=O) groups excluding carboxylic acids is 2. The van der Waals surface area contributed by atoms with E-state index in [4.69, 9.17) is 0 Å². The Labute approximate surface area is 188 Å². The molecular formula is C26H28N2O2S. The van der Waals surface area contributed by atoms with Gasteiger partial charge in [0.15, 0.2) is 0 Å². The number of hydrogen-bond donors (Lipinski definition) is 2. The number of hydrogen-bond acceptors (Lipinski definition) is 3. The maximum absolute atomic E-state index is 13.3. The first kappa shape index (κ1) is 22.6. The molecule has 0 bridgehead atoms. The average Bonchev–Trinajstić information content (AvgIpc) is 2.75. The zero-order valence-electron chi connectivity index (χ0n) is 18.1. The number of anilines is 2. The molecule has 1 atom stereocenters. The first-order valence-corrected chi connectivity index (χ1v) is 11.3. The summed E-state index contributed by atoms with van der Waals surface area (Å²) in [6.07, 6.45) is 1.29. The summed E-state index contributed by atoms with van der Waals surface area (Å²) in [6, 6.07) is 23.4. The van der Waals surface area contributed by atoms with E-state index >= 15 is 0 Å². The molecule has 0 radical (unpaired) electrons. The molecule has 3 rings (SSSR count). The van der Waals surface area contributed by atoms with Crippen molar-refractivity contribution >= 4 is 35.0 Å². The molecule has 31 heavy (non-hydrogen) atoms. The molecule has 2 amide bonds. The van der Waals surface area contributed by atoms with Crippen LogP contribution in [-0.2, 0) is 9.59 Å². The maximum atomic E-state index is 13.3. The lowest BCUT2D eigenvalue weighted by molar-refractivity contribution is -0.116. The lowest BCUT2D eigenvalue weighted by Crippen LogP contribution is -2.19. The van der Waals surface area contributed by atoms with Crippen molar-refractivity contribution in [2.75, 3.05) is 10.6 Å². The van der Waals surface area contributed by atoms with Gasteiger partial charge in [0.05, 0.1) is 0 Å². The van der Waals surface area contributed by atoms with Crippen LogP contribution in [0.5, 0.6) is 0 Å². The summed E-state index contributed by atoms with van der Waals surface area (Å²) in [5, 5.41) is 5.60. The van der Waals surface area contributed by atoms with Crippen molar-refractivity contribution < 1.29 is 9.59 Å². The van der Waals surface area contributed by atoms with Gasteiger partial charge in [-0.3, -0.25) is 9.59 Å². The fourth-order valence-corrected chi connectivity index (χ4v) is 4.29.